The molecule has 0 aliphatic heterocycles. The quantitative estimate of drug-likeness (QED) is 0.658. The Labute approximate surface area is 105 Å². The number of H-pyrrole nitrogens is 2. The Morgan fingerprint density at radius 3 is 2.78 bits per heavy atom. The van der Waals surface area contributed by atoms with E-state index in [-0.39, 0.29) is 4.90 Å². The fraction of sp³-hybridized carbons (Fsp3) is 0.400. The number of aryl methyl sites for hydroxylation is 2. The molecule has 0 unspecified atom stereocenters. The van der Waals surface area contributed by atoms with E-state index in [4.69, 9.17) is 0 Å². The molecule has 0 saturated carbocycles. The lowest BCUT2D eigenvalue weighted by molar-refractivity contribution is 0.579. The largest absolute Gasteiger partial charge is 0.284 e. The molecule has 2 aromatic heterocycles. The number of nitrogens with one attached hydrogen (secondary N) is 3. The van der Waals surface area contributed by atoms with Gasteiger partial charge in [0.15, 0.2) is 0 Å². The summed E-state index contributed by atoms with van der Waals surface area (Å²) < 4.78 is 26.0. The molecule has 0 bridgehead atoms. The summed E-state index contributed by atoms with van der Waals surface area (Å²) in [6, 6.07) is 0. The second-order valence-electron chi connectivity index (χ2n) is 3.96. The number of hydrogen-bond donors (Lipinski definition) is 3. The van der Waals surface area contributed by atoms with Gasteiger partial charge in [0.2, 0.25) is 10.0 Å². The first-order valence-electron chi connectivity index (χ1n) is 5.57. The molecule has 8 heteroatoms. The maximum Gasteiger partial charge on any atom is 0.243 e. The van der Waals surface area contributed by atoms with Crippen molar-refractivity contribution in [2.24, 2.45) is 0 Å². The zero-order chi connectivity index (χ0) is 13.0. The molecule has 0 atom stereocenters. The van der Waals surface area contributed by atoms with Crippen molar-refractivity contribution in [3.8, 4) is 0 Å². The molecule has 0 fully saturated rings. The molecule has 2 heterocycles. The Hall–Kier alpha value is -1.67. The minimum absolute atomic E-state index is 0.155. The third kappa shape index (κ3) is 2.96. The highest BCUT2D eigenvalue weighted by atomic mass is 32.2. The van der Waals surface area contributed by atoms with Crippen LogP contribution in [0.5, 0.6) is 0 Å². The summed E-state index contributed by atoms with van der Waals surface area (Å²) in [6.07, 6.45) is 5.90. The van der Waals surface area contributed by atoms with Gasteiger partial charge in [-0.25, -0.2) is 13.1 Å². The van der Waals surface area contributed by atoms with Gasteiger partial charge in [-0.15, -0.1) is 0 Å². The molecule has 7 nitrogen and oxygen atoms in total. The highest BCUT2D eigenvalue weighted by Crippen LogP contribution is 2.07. The second-order valence-corrected chi connectivity index (χ2v) is 5.72. The van der Waals surface area contributed by atoms with Crippen LogP contribution in [0.15, 0.2) is 23.5 Å². The number of aromatic amines is 2. The lowest BCUT2D eigenvalue weighted by atomic mass is 10.1. The summed E-state index contributed by atoms with van der Waals surface area (Å²) in [5, 5.41) is 12.8. The van der Waals surface area contributed by atoms with Gasteiger partial charge in [0.1, 0.15) is 4.90 Å². The standard InChI is InChI=1S/C10H15N5O2S/c1-8-9(5-13-15-8)3-2-4-14-18(16,17)10-6-11-12-7-10/h5-7,14H,2-4H2,1H3,(H,11,12)(H,13,15). The van der Waals surface area contributed by atoms with Crippen LogP contribution >= 0.6 is 0 Å². The number of hydrogen-bond acceptors (Lipinski definition) is 4. The third-order valence-electron chi connectivity index (χ3n) is 2.63. The van der Waals surface area contributed by atoms with Gasteiger partial charge in [-0.1, -0.05) is 0 Å². The lowest BCUT2D eigenvalue weighted by Gasteiger charge is -2.04. The lowest BCUT2D eigenvalue weighted by Crippen LogP contribution is -2.24. The van der Waals surface area contributed by atoms with E-state index in [1.807, 2.05) is 6.92 Å². The Morgan fingerprint density at radius 1 is 1.33 bits per heavy atom. The van der Waals surface area contributed by atoms with Gasteiger partial charge in [0.05, 0.1) is 12.4 Å². The maximum atomic E-state index is 11.7. The molecule has 0 amide bonds. The molecule has 0 aliphatic rings. The van der Waals surface area contributed by atoms with E-state index in [0.717, 1.165) is 24.1 Å². The van der Waals surface area contributed by atoms with Crippen molar-refractivity contribution in [2.45, 2.75) is 24.7 Å². The zero-order valence-electron chi connectivity index (χ0n) is 9.97. The predicted octanol–water partition coefficient (Wildman–Crippen LogP) is 0.352. The van der Waals surface area contributed by atoms with E-state index >= 15 is 0 Å². The fourth-order valence-corrected chi connectivity index (χ4v) is 2.56. The highest BCUT2D eigenvalue weighted by molar-refractivity contribution is 7.89. The SMILES string of the molecule is Cc1[nH]ncc1CCCNS(=O)(=O)c1cn[nH]c1. The number of rotatable bonds is 6. The summed E-state index contributed by atoms with van der Waals surface area (Å²) in [5.41, 5.74) is 2.13. The van der Waals surface area contributed by atoms with Gasteiger partial charge in [-0.2, -0.15) is 10.2 Å². The molecule has 0 spiro atoms. The topological polar surface area (TPSA) is 104 Å². The first-order chi connectivity index (χ1) is 8.59. The number of aromatic nitrogens is 4. The first-order valence-corrected chi connectivity index (χ1v) is 7.05. The summed E-state index contributed by atoms with van der Waals surface area (Å²) in [4.78, 5) is 0.155. The van der Waals surface area contributed by atoms with Crippen molar-refractivity contribution >= 4 is 10.0 Å². The minimum atomic E-state index is -3.44. The maximum absolute atomic E-state index is 11.7. The Bertz CT molecular complexity index is 588. The van der Waals surface area contributed by atoms with Crippen molar-refractivity contribution < 1.29 is 8.42 Å². The van der Waals surface area contributed by atoms with Gasteiger partial charge < -0.3 is 0 Å². The van der Waals surface area contributed by atoms with Crippen LogP contribution in [-0.4, -0.2) is 35.4 Å². The van der Waals surface area contributed by atoms with E-state index in [2.05, 4.69) is 25.1 Å². The molecule has 18 heavy (non-hydrogen) atoms. The normalized spacial score (nSPS) is 11.8. The average Bonchev–Trinajstić information content (AvgIpc) is 2.96. The zero-order valence-corrected chi connectivity index (χ0v) is 10.8. The molecule has 0 radical (unpaired) electrons. The molecule has 98 valence electrons. The molecule has 2 aromatic rings. The molecule has 2 rings (SSSR count). The summed E-state index contributed by atoms with van der Waals surface area (Å²) in [7, 11) is -3.44. The van der Waals surface area contributed by atoms with Gasteiger partial charge in [-0.3, -0.25) is 10.2 Å². The molecule has 0 aromatic carbocycles. The van der Waals surface area contributed by atoms with Crippen LogP contribution in [0.4, 0.5) is 0 Å². The fourth-order valence-electron chi connectivity index (χ4n) is 1.58. The molecule has 0 saturated heterocycles. The highest BCUT2D eigenvalue weighted by Gasteiger charge is 2.13. The van der Waals surface area contributed by atoms with Crippen LogP contribution in [0.25, 0.3) is 0 Å². The molecular weight excluding hydrogens is 254 g/mol. The second kappa shape index (κ2) is 5.32. The van der Waals surface area contributed by atoms with Crippen molar-refractivity contribution in [1.82, 2.24) is 25.1 Å². The van der Waals surface area contributed by atoms with Gasteiger partial charge in [0, 0.05) is 18.4 Å². The van der Waals surface area contributed by atoms with Crippen LogP contribution in [0.2, 0.25) is 0 Å². The van der Waals surface area contributed by atoms with Crippen molar-refractivity contribution in [2.75, 3.05) is 6.54 Å². The molecule has 3 N–H and O–H groups in total. The number of nitrogens with zero attached hydrogens (tertiary/aromatic N) is 2. The minimum Gasteiger partial charge on any atom is -0.284 e. The van der Waals surface area contributed by atoms with Crippen LogP contribution in [0, 0.1) is 6.92 Å². The Kier molecular flexibility index (Phi) is 3.78. The summed E-state index contributed by atoms with van der Waals surface area (Å²) in [6.45, 7) is 2.33. The van der Waals surface area contributed by atoms with Crippen LogP contribution < -0.4 is 4.72 Å². The third-order valence-corrected chi connectivity index (χ3v) is 4.06. The van der Waals surface area contributed by atoms with Crippen molar-refractivity contribution in [1.29, 1.82) is 0 Å². The molecular formula is C10H15N5O2S. The van der Waals surface area contributed by atoms with Crippen LogP contribution in [0.3, 0.4) is 0 Å². The Balaban J connectivity index is 1.81. The van der Waals surface area contributed by atoms with E-state index < -0.39 is 10.0 Å². The van der Waals surface area contributed by atoms with E-state index in [0.29, 0.717) is 6.54 Å². The van der Waals surface area contributed by atoms with E-state index in [9.17, 15) is 8.42 Å². The van der Waals surface area contributed by atoms with Gasteiger partial charge >= 0.3 is 0 Å². The monoisotopic (exact) mass is 269 g/mol. The Morgan fingerprint density at radius 2 is 2.17 bits per heavy atom. The van der Waals surface area contributed by atoms with Gasteiger partial charge in [-0.05, 0) is 25.3 Å². The van der Waals surface area contributed by atoms with Crippen LogP contribution in [0.1, 0.15) is 17.7 Å². The smallest absolute Gasteiger partial charge is 0.243 e. The van der Waals surface area contributed by atoms with Crippen molar-refractivity contribution in [3.63, 3.8) is 0 Å². The van der Waals surface area contributed by atoms with Gasteiger partial charge in [0.25, 0.3) is 0 Å². The molecule has 0 aliphatic carbocycles. The van der Waals surface area contributed by atoms with E-state index in [1.165, 1.54) is 12.4 Å². The first kappa shape index (κ1) is 12.8. The average molecular weight is 269 g/mol. The van der Waals surface area contributed by atoms with Crippen molar-refractivity contribution in [3.05, 3.63) is 29.8 Å². The van der Waals surface area contributed by atoms with Crippen LogP contribution in [-0.2, 0) is 16.4 Å². The number of sulfonamides is 1. The predicted molar refractivity (Wildman–Crippen MR) is 65.4 cm³/mol. The summed E-state index contributed by atoms with van der Waals surface area (Å²) in [5.74, 6) is 0. The van der Waals surface area contributed by atoms with E-state index in [1.54, 1.807) is 6.20 Å². The summed E-state index contributed by atoms with van der Waals surface area (Å²) >= 11 is 0.